The molecular weight excluding hydrogens is 312 g/mol. The molecule has 1 aliphatic heterocycles. The number of ether oxygens (including phenoxy) is 1. The molecule has 1 spiro atoms. The van der Waals surface area contributed by atoms with Crippen LogP contribution in [-0.4, -0.2) is 60.6 Å². The highest BCUT2D eigenvalue weighted by Gasteiger charge is 2.68. The molecule has 9 heteroatoms. The lowest BCUT2D eigenvalue weighted by molar-refractivity contribution is -0.0530. The second-order valence-electron chi connectivity index (χ2n) is 6.59. The van der Waals surface area contributed by atoms with Gasteiger partial charge in [-0.2, -0.15) is 0 Å². The first-order valence-electron chi connectivity index (χ1n) is 8.26. The average molecular weight is 334 g/mol. The smallest absolute Gasteiger partial charge is 0.167 e. The zero-order valence-corrected chi connectivity index (χ0v) is 13.5. The summed E-state index contributed by atoms with van der Waals surface area (Å²) in [5.41, 5.74) is 6.05. The van der Waals surface area contributed by atoms with E-state index in [0.717, 1.165) is 25.9 Å². The van der Waals surface area contributed by atoms with Crippen molar-refractivity contribution in [2.75, 3.05) is 18.8 Å². The van der Waals surface area contributed by atoms with Crippen LogP contribution in [0.25, 0.3) is 11.2 Å². The predicted molar refractivity (Wildman–Crippen MR) is 85.9 cm³/mol. The van der Waals surface area contributed by atoms with E-state index >= 15 is 0 Å². The molecular formula is C15H22N6O3. The Balaban J connectivity index is 1.58. The molecule has 5 atom stereocenters. The van der Waals surface area contributed by atoms with Crippen molar-refractivity contribution in [2.24, 2.45) is 5.92 Å². The van der Waals surface area contributed by atoms with Crippen LogP contribution in [0.2, 0.25) is 0 Å². The van der Waals surface area contributed by atoms with Crippen LogP contribution in [0.4, 0.5) is 5.82 Å². The van der Waals surface area contributed by atoms with Crippen LogP contribution >= 0.6 is 0 Å². The number of aromatic nitrogens is 4. The summed E-state index contributed by atoms with van der Waals surface area (Å²) in [4.78, 5) is 12.3. The van der Waals surface area contributed by atoms with E-state index in [1.807, 2.05) is 0 Å². The first kappa shape index (κ1) is 15.7. The number of nitrogens with zero attached hydrogens (tertiary/aromatic N) is 4. The minimum Gasteiger partial charge on any atom is -0.387 e. The van der Waals surface area contributed by atoms with E-state index in [2.05, 4.69) is 27.2 Å². The molecule has 2 fully saturated rings. The van der Waals surface area contributed by atoms with Gasteiger partial charge in [0.1, 0.15) is 29.7 Å². The fourth-order valence-corrected chi connectivity index (χ4v) is 3.62. The highest BCUT2D eigenvalue weighted by Crippen LogP contribution is 2.57. The summed E-state index contributed by atoms with van der Waals surface area (Å²) >= 11 is 0. The van der Waals surface area contributed by atoms with Crippen LogP contribution in [0.5, 0.6) is 0 Å². The molecule has 0 amide bonds. The van der Waals surface area contributed by atoms with Gasteiger partial charge in [-0.3, -0.25) is 4.57 Å². The van der Waals surface area contributed by atoms with E-state index in [1.54, 1.807) is 4.57 Å². The van der Waals surface area contributed by atoms with E-state index in [-0.39, 0.29) is 11.7 Å². The molecule has 0 aromatic carbocycles. The molecule has 1 unspecified atom stereocenters. The molecule has 5 N–H and O–H groups in total. The number of anilines is 1. The molecule has 4 rings (SSSR count). The molecule has 2 aromatic heterocycles. The van der Waals surface area contributed by atoms with Gasteiger partial charge < -0.3 is 26.0 Å². The molecule has 24 heavy (non-hydrogen) atoms. The first-order valence-corrected chi connectivity index (χ1v) is 8.26. The van der Waals surface area contributed by atoms with E-state index in [1.165, 1.54) is 12.7 Å². The number of aliphatic hydroxyl groups is 2. The van der Waals surface area contributed by atoms with Gasteiger partial charge in [-0.25, -0.2) is 15.0 Å². The number of nitrogens with two attached hydrogens (primary N) is 1. The van der Waals surface area contributed by atoms with Gasteiger partial charge >= 0.3 is 0 Å². The third-order valence-corrected chi connectivity index (χ3v) is 5.03. The molecule has 0 radical (unpaired) electrons. The summed E-state index contributed by atoms with van der Waals surface area (Å²) in [7, 11) is 0. The number of nitrogens with one attached hydrogen (secondary N) is 1. The van der Waals surface area contributed by atoms with Gasteiger partial charge in [0.25, 0.3) is 0 Å². The number of aliphatic hydroxyl groups excluding tert-OH is 2. The topological polar surface area (TPSA) is 131 Å². The van der Waals surface area contributed by atoms with Crippen molar-refractivity contribution in [1.29, 1.82) is 0 Å². The molecule has 3 heterocycles. The number of hydrogen-bond acceptors (Lipinski definition) is 8. The summed E-state index contributed by atoms with van der Waals surface area (Å²) < 4.78 is 7.72. The Morgan fingerprint density at radius 1 is 1.42 bits per heavy atom. The highest BCUT2D eigenvalue weighted by molar-refractivity contribution is 5.81. The van der Waals surface area contributed by atoms with Gasteiger partial charge in [-0.05, 0) is 19.4 Å². The standard InChI is InChI=1S/C15H22N6O3/c1-2-3-17-5-8-4-15(8)11(23)10(22)14(24-15)21-7-20-9-12(16)18-6-19-13(9)21/h6-8,10-11,14,17,22-23H,2-5H2,1H3,(H2,16,18,19)/t8-,10-,11?,14+,15+/m0/s1. The number of hydrogen-bond donors (Lipinski definition) is 4. The maximum Gasteiger partial charge on any atom is 0.167 e. The van der Waals surface area contributed by atoms with Crippen molar-refractivity contribution in [2.45, 2.75) is 43.8 Å². The van der Waals surface area contributed by atoms with Crippen molar-refractivity contribution in [3.05, 3.63) is 12.7 Å². The van der Waals surface area contributed by atoms with Gasteiger partial charge in [0.2, 0.25) is 0 Å². The van der Waals surface area contributed by atoms with Crippen LogP contribution in [0, 0.1) is 5.92 Å². The van der Waals surface area contributed by atoms with Crippen LogP contribution < -0.4 is 11.1 Å². The van der Waals surface area contributed by atoms with Crippen LogP contribution in [0.1, 0.15) is 26.0 Å². The minimum atomic E-state index is -1.05. The number of imidazole rings is 1. The monoisotopic (exact) mass is 334 g/mol. The third kappa shape index (κ3) is 2.20. The Bertz CT molecular complexity index is 752. The fraction of sp³-hybridized carbons (Fsp3) is 0.667. The zero-order chi connectivity index (χ0) is 16.9. The van der Waals surface area contributed by atoms with Gasteiger partial charge in [-0.1, -0.05) is 6.92 Å². The summed E-state index contributed by atoms with van der Waals surface area (Å²) in [6, 6.07) is 0. The number of fused-ring (bicyclic) bond motifs is 1. The van der Waals surface area contributed by atoms with Gasteiger partial charge in [0, 0.05) is 12.5 Å². The largest absolute Gasteiger partial charge is 0.387 e. The van der Waals surface area contributed by atoms with Crippen LogP contribution in [-0.2, 0) is 4.74 Å². The first-order chi connectivity index (χ1) is 11.6. The van der Waals surface area contributed by atoms with Crippen molar-refractivity contribution < 1.29 is 14.9 Å². The summed E-state index contributed by atoms with van der Waals surface area (Å²) in [6.45, 7) is 3.80. The van der Waals surface area contributed by atoms with Crippen LogP contribution in [0.3, 0.4) is 0 Å². The molecule has 2 aromatic rings. The Morgan fingerprint density at radius 2 is 2.25 bits per heavy atom. The van der Waals surface area contributed by atoms with Crippen molar-refractivity contribution in [1.82, 2.24) is 24.8 Å². The zero-order valence-electron chi connectivity index (χ0n) is 13.5. The third-order valence-electron chi connectivity index (χ3n) is 5.03. The maximum atomic E-state index is 10.5. The van der Waals surface area contributed by atoms with Gasteiger partial charge in [0.05, 0.1) is 6.33 Å². The van der Waals surface area contributed by atoms with E-state index < -0.39 is 24.0 Å². The molecule has 1 saturated carbocycles. The Morgan fingerprint density at radius 3 is 3.04 bits per heavy atom. The summed E-state index contributed by atoms with van der Waals surface area (Å²) in [5, 5.41) is 24.4. The normalized spacial score (nSPS) is 35.1. The fourth-order valence-electron chi connectivity index (χ4n) is 3.62. The van der Waals surface area contributed by atoms with Crippen LogP contribution in [0.15, 0.2) is 12.7 Å². The molecule has 130 valence electrons. The second-order valence-corrected chi connectivity index (χ2v) is 6.59. The molecule has 1 aliphatic carbocycles. The molecule has 0 bridgehead atoms. The molecule has 1 saturated heterocycles. The second kappa shape index (κ2) is 5.62. The lowest BCUT2D eigenvalue weighted by Crippen LogP contribution is -2.35. The minimum absolute atomic E-state index is 0.188. The summed E-state index contributed by atoms with van der Waals surface area (Å²) in [5.74, 6) is 0.461. The van der Waals surface area contributed by atoms with Crippen molar-refractivity contribution in [3.8, 4) is 0 Å². The van der Waals surface area contributed by atoms with Crippen molar-refractivity contribution >= 4 is 17.0 Å². The number of nitrogen functional groups attached to an aromatic ring is 1. The van der Waals surface area contributed by atoms with E-state index in [4.69, 9.17) is 10.5 Å². The predicted octanol–water partition coefficient (Wildman–Crippen LogP) is -0.583. The maximum absolute atomic E-state index is 10.5. The van der Waals surface area contributed by atoms with E-state index in [0.29, 0.717) is 11.2 Å². The molecule has 9 nitrogen and oxygen atoms in total. The Kier molecular flexibility index (Phi) is 3.68. The highest BCUT2D eigenvalue weighted by atomic mass is 16.6. The lowest BCUT2D eigenvalue weighted by Gasteiger charge is -2.16. The quantitative estimate of drug-likeness (QED) is 0.534. The van der Waals surface area contributed by atoms with Gasteiger partial charge in [0.15, 0.2) is 17.7 Å². The average Bonchev–Trinajstić information content (AvgIpc) is 2.99. The number of rotatable bonds is 5. The lowest BCUT2D eigenvalue weighted by atomic mass is 10.1. The van der Waals surface area contributed by atoms with Gasteiger partial charge in [-0.15, -0.1) is 0 Å². The van der Waals surface area contributed by atoms with Crippen molar-refractivity contribution in [3.63, 3.8) is 0 Å². The SMILES string of the molecule is CCCNC[C@@H]1C[C@@]12O[C@@H](n1cnc3c(N)ncnc31)[C@@H](O)C2O. The van der Waals surface area contributed by atoms with E-state index in [9.17, 15) is 10.2 Å². The Labute approximate surface area is 138 Å². The Hall–Kier alpha value is -1.81. The molecule has 2 aliphatic rings. The summed E-state index contributed by atoms with van der Waals surface area (Å²) in [6.07, 6.45) is 1.91.